The summed E-state index contributed by atoms with van der Waals surface area (Å²) in [5.74, 6) is 0. The van der Waals surface area contributed by atoms with E-state index >= 15 is 0 Å². The molecule has 2 N–H and O–H groups in total. The Morgan fingerprint density at radius 1 is 1.57 bits per heavy atom. The van der Waals surface area contributed by atoms with Crippen molar-refractivity contribution in [1.29, 1.82) is 0 Å². The molecule has 0 saturated heterocycles. The molecule has 1 atom stereocenters. The molecule has 5 heteroatoms. The molecule has 14 heavy (non-hydrogen) atoms. The van der Waals surface area contributed by atoms with Crippen LogP contribution < -0.4 is 9.62 Å². The lowest BCUT2D eigenvalue weighted by Gasteiger charge is -2.13. The second-order valence-corrected chi connectivity index (χ2v) is 4.08. The number of fused-ring (bicyclic) bond motifs is 1. The third-order valence-corrected chi connectivity index (χ3v) is 3.17. The highest BCUT2D eigenvalue weighted by Crippen LogP contribution is 2.30. The molecule has 1 heterocycles. The second-order valence-electron chi connectivity index (χ2n) is 3.18. The quantitative estimate of drug-likeness (QED) is 0.725. The number of nitrogens with zero attached hydrogens (tertiary/aromatic N) is 1. The van der Waals surface area contributed by atoms with Crippen LogP contribution >= 0.6 is 0 Å². The van der Waals surface area contributed by atoms with Crippen molar-refractivity contribution in [3.63, 3.8) is 0 Å². The predicted octanol–water partition coefficient (Wildman–Crippen LogP) is 1.23. The molecule has 0 saturated carbocycles. The van der Waals surface area contributed by atoms with Gasteiger partial charge in [-0.05, 0) is 30.2 Å². The molecule has 0 spiro atoms. The Hall–Kier alpha value is -1.07. The van der Waals surface area contributed by atoms with Crippen LogP contribution in [0, 0.1) is 0 Å². The van der Waals surface area contributed by atoms with Crippen molar-refractivity contribution in [1.82, 2.24) is 0 Å². The summed E-state index contributed by atoms with van der Waals surface area (Å²) in [6, 6.07) is 5.80. The molecule has 0 amide bonds. The van der Waals surface area contributed by atoms with Crippen LogP contribution in [0.4, 0.5) is 11.4 Å². The minimum absolute atomic E-state index is 0.617. The SMILES string of the molecule is CNc1ccc2c(c1)CCN2S(=O)O. The molecule has 1 aromatic rings. The maximum absolute atomic E-state index is 10.9. The Kier molecular flexibility index (Phi) is 2.43. The van der Waals surface area contributed by atoms with Gasteiger partial charge in [-0.2, -0.15) is 0 Å². The van der Waals surface area contributed by atoms with Crippen molar-refractivity contribution in [3.8, 4) is 0 Å². The molecule has 1 aromatic carbocycles. The molecule has 0 bridgehead atoms. The molecule has 0 aliphatic carbocycles. The van der Waals surface area contributed by atoms with Crippen LogP contribution in [0.3, 0.4) is 0 Å². The van der Waals surface area contributed by atoms with E-state index in [1.807, 2.05) is 25.2 Å². The first-order valence-electron chi connectivity index (χ1n) is 4.41. The van der Waals surface area contributed by atoms with E-state index in [1.165, 1.54) is 4.31 Å². The average molecular weight is 212 g/mol. The summed E-state index contributed by atoms with van der Waals surface area (Å²) in [5.41, 5.74) is 3.03. The average Bonchev–Trinajstić information content (AvgIpc) is 2.59. The minimum Gasteiger partial charge on any atom is -0.388 e. The molecule has 1 aliphatic heterocycles. The Morgan fingerprint density at radius 3 is 3.00 bits per heavy atom. The Morgan fingerprint density at radius 2 is 2.36 bits per heavy atom. The maximum Gasteiger partial charge on any atom is 0.261 e. The Balaban J connectivity index is 2.38. The van der Waals surface area contributed by atoms with Crippen molar-refractivity contribution in [3.05, 3.63) is 23.8 Å². The molecule has 0 fully saturated rings. The van der Waals surface area contributed by atoms with E-state index in [0.29, 0.717) is 6.54 Å². The lowest BCUT2D eigenvalue weighted by Crippen LogP contribution is -2.22. The van der Waals surface area contributed by atoms with E-state index in [2.05, 4.69) is 5.32 Å². The smallest absolute Gasteiger partial charge is 0.261 e. The van der Waals surface area contributed by atoms with Crippen LogP contribution in [-0.2, 0) is 17.7 Å². The first-order chi connectivity index (χ1) is 6.72. The Labute approximate surface area is 85.3 Å². The van der Waals surface area contributed by atoms with Gasteiger partial charge in [0.2, 0.25) is 0 Å². The monoisotopic (exact) mass is 212 g/mol. The van der Waals surface area contributed by atoms with Gasteiger partial charge in [0.15, 0.2) is 0 Å². The minimum atomic E-state index is -1.90. The molecule has 0 radical (unpaired) electrons. The van der Waals surface area contributed by atoms with Gasteiger partial charge in [0.05, 0.1) is 5.69 Å². The largest absolute Gasteiger partial charge is 0.388 e. The summed E-state index contributed by atoms with van der Waals surface area (Å²) < 4.78 is 21.4. The molecule has 2 rings (SSSR count). The zero-order chi connectivity index (χ0) is 10.1. The van der Waals surface area contributed by atoms with Crippen LogP contribution in [0.25, 0.3) is 0 Å². The highest BCUT2D eigenvalue weighted by molar-refractivity contribution is 7.80. The third kappa shape index (κ3) is 1.49. The highest BCUT2D eigenvalue weighted by atomic mass is 32.2. The topological polar surface area (TPSA) is 52.6 Å². The van der Waals surface area contributed by atoms with Gasteiger partial charge in [0.1, 0.15) is 0 Å². The van der Waals surface area contributed by atoms with Crippen LogP contribution in [0.1, 0.15) is 5.56 Å². The van der Waals surface area contributed by atoms with Gasteiger partial charge in [-0.25, -0.2) is 4.21 Å². The zero-order valence-electron chi connectivity index (χ0n) is 7.86. The van der Waals surface area contributed by atoms with Crippen LogP contribution in [0.2, 0.25) is 0 Å². The van der Waals surface area contributed by atoms with Crippen molar-refractivity contribution >= 4 is 22.6 Å². The molecule has 1 unspecified atom stereocenters. The van der Waals surface area contributed by atoms with Gasteiger partial charge >= 0.3 is 0 Å². The summed E-state index contributed by atoms with van der Waals surface area (Å²) >= 11 is -1.90. The first-order valence-corrected chi connectivity index (χ1v) is 5.48. The van der Waals surface area contributed by atoms with Gasteiger partial charge in [-0.3, -0.25) is 8.86 Å². The second kappa shape index (κ2) is 3.59. The molecule has 4 nitrogen and oxygen atoms in total. The van der Waals surface area contributed by atoms with Crippen LogP contribution in [0.5, 0.6) is 0 Å². The fourth-order valence-corrected chi connectivity index (χ4v) is 2.28. The molecule has 1 aliphatic rings. The van der Waals surface area contributed by atoms with Crippen LogP contribution in [0.15, 0.2) is 18.2 Å². The summed E-state index contributed by atoms with van der Waals surface area (Å²) in [6.07, 6.45) is 0.831. The van der Waals surface area contributed by atoms with E-state index < -0.39 is 11.3 Å². The molecular formula is C9H12N2O2S. The molecule has 76 valence electrons. The summed E-state index contributed by atoms with van der Waals surface area (Å²) in [6.45, 7) is 0.617. The van der Waals surface area contributed by atoms with Crippen molar-refractivity contribution in [2.24, 2.45) is 0 Å². The van der Waals surface area contributed by atoms with Crippen molar-refractivity contribution in [2.75, 3.05) is 23.2 Å². The van der Waals surface area contributed by atoms with E-state index in [9.17, 15) is 4.21 Å². The predicted molar refractivity (Wildman–Crippen MR) is 57.8 cm³/mol. The van der Waals surface area contributed by atoms with Crippen molar-refractivity contribution in [2.45, 2.75) is 6.42 Å². The lowest BCUT2D eigenvalue weighted by atomic mass is 10.1. The fourth-order valence-electron chi connectivity index (χ4n) is 1.69. The maximum atomic E-state index is 10.9. The summed E-state index contributed by atoms with van der Waals surface area (Å²) in [4.78, 5) is 0. The Bertz CT molecular complexity index is 381. The van der Waals surface area contributed by atoms with Crippen molar-refractivity contribution < 1.29 is 8.76 Å². The van der Waals surface area contributed by atoms with Gasteiger partial charge in [-0.15, -0.1) is 0 Å². The summed E-state index contributed by atoms with van der Waals surface area (Å²) in [5, 5.41) is 3.04. The number of rotatable bonds is 2. The zero-order valence-corrected chi connectivity index (χ0v) is 8.67. The van der Waals surface area contributed by atoms with E-state index in [1.54, 1.807) is 0 Å². The van der Waals surface area contributed by atoms with E-state index in [4.69, 9.17) is 4.55 Å². The van der Waals surface area contributed by atoms with Gasteiger partial charge in [0, 0.05) is 19.3 Å². The fraction of sp³-hybridized carbons (Fsp3) is 0.333. The van der Waals surface area contributed by atoms with Gasteiger partial charge in [-0.1, -0.05) is 0 Å². The standard InChI is InChI=1S/C9H12N2O2S/c1-10-8-2-3-9-7(6-8)4-5-11(9)14(12)13/h2-3,6,10H,4-5H2,1H3,(H,12,13). The number of hydrogen-bond donors (Lipinski definition) is 2. The van der Waals surface area contributed by atoms with E-state index in [-0.39, 0.29) is 0 Å². The third-order valence-electron chi connectivity index (χ3n) is 2.41. The first kappa shape index (κ1) is 9.48. The lowest BCUT2D eigenvalue weighted by molar-refractivity contribution is 0.560. The normalized spacial score (nSPS) is 16.6. The number of benzene rings is 1. The number of hydrogen-bond acceptors (Lipinski definition) is 2. The number of anilines is 2. The summed E-state index contributed by atoms with van der Waals surface area (Å²) in [7, 11) is 1.86. The van der Waals surface area contributed by atoms with E-state index in [0.717, 1.165) is 23.4 Å². The van der Waals surface area contributed by atoms with Crippen LogP contribution in [-0.4, -0.2) is 22.4 Å². The molecule has 0 aromatic heterocycles. The molecular weight excluding hydrogens is 200 g/mol. The van der Waals surface area contributed by atoms with Gasteiger partial charge < -0.3 is 5.32 Å². The highest BCUT2D eigenvalue weighted by Gasteiger charge is 2.22. The van der Waals surface area contributed by atoms with Gasteiger partial charge in [0.25, 0.3) is 11.3 Å². The number of nitrogens with one attached hydrogen (secondary N) is 1.